The molecule has 0 spiro atoms. The van der Waals surface area contributed by atoms with Crippen molar-refractivity contribution in [3.05, 3.63) is 28.5 Å². The lowest BCUT2D eigenvalue weighted by molar-refractivity contribution is 0.0809. The van der Waals surface area contributed by atoms with Crippen LogP contribution in [0.15, 0.2) is 22.8 Å². The van der Waals surface area contributed by atoms with Gasteiger partial charge < -0.3 is 4.74 Å². The van der Waals surface area contributed by atoms with Crippen molar-refractivity contribution in [3.8, 4) is 0 Å². The molecule has 70 valence electrons. The summed E-state index contributed by atoms with van der Waals surface area (Å²) in [6, 6.07) is 5.96. The lowest BCUT2D eigenvalue weighted by Gasteiger charge is -2.13. The van der Waals surface area contributed by atoms with Gasteiger partial charge in [-0.05, 0) is 46.8 Å². The maximum atomic E-state index is 5.43. The van der Waals surface area contributed by atoms with Crippen molar-refractivity contribution in [2.45, 2.75) is 18.9 Å². The van der Waals surface area contributed by atoms with Crippen LogP contribution in [0.5, 0.6) is 0 Å². The summed E-state index contributed by atoms with van der Waals surface area (Å²) in [4.78, 5) is 4.40. The Balaban J connectivity index is 2.21. The molecule has 1 saturated carbocycles. The largest absolute Gasteiger partial charge is 0.375 e. The number of pyridine rings is 1. The summed E-state index contributed by atoms with van der Waals surface area (Å²) in [5.41, 5.74) is 1.04. The monoisotopic (exact) mass is 241 g/mol. The molecule has 13 heavy (non-hydrogen) atoms. The molecule has 0 radical (unpaired) electrons. The maximum Gasteiger partial charge on any atom is 0.106 e. The average Bonchev–Trinajstić information content (AvgIpc) is 2.90. The van der Waals surface area contributed by atoms with Crippen molar-refractivity contribution in [1.82, 2.24) is 4.98 Å². The van der Waals surface area contributed by atoms with E-state index < -0.39 is 0 Å². The van der Waals surface area contributed by atoms with Gasteiger partial charge in [0.05, 0.1) is 5.69 Å². The zero-order valence-corrected chi connectivity index (χ0v) is 9.12. The molecule has 1 aliphatic rings. The molecule has 1 aromatic rings. The van der Waals surface area contributed by atoms with Crippen LogP contribution in [0.1, 0.15) is 24.6 Å². The minimum absolute atomic E-state index is 0.192. The van der Waals surface area contributed by atoms with Gasteiger partial charge in [0.15, 0.2) is 0 Å². The van der Waals surface area contributed by atoms with E-state index in [1.54, 1.807) is 7.11 Å². The number of aromatic nitrogens is 1. The molecule has 0 amide bonds. The number of ether oxygens (including phenoxy) is 1. The zero-order chi connectivity index (χ0) is 9.26. The van der Waals surface area contributed by atoms with Crippen molar-refractivity contribution >= 4 is 15.9 Å². The second kappa shape index (κ2) is 3.76. The number of halogens is 1. The Kier molecular flexibility index (Phi) is 2.65. The maximum absolute atomic E-state index is 5.43. The highest BCUT2D eigenvalue weighted by Crippen LogP contribution is 2.42. The first kappa shape index (κ1) is 9.16. The van der Waals surface area contributed by atoms with Crippen LogP contribution in [0, 0.1) is 5.92 Å². The third-order valence-electron chi connectivity index (χ3n) is 2.33. The molecule has 2 nitrogen and oxygen atoms in total. The summed E-state index contributed by atoms with van der Waals surface area (Å²) in [7, 11) is 1.76. The lowest BCUT2D eigenvalue weighted by Crippen LogP contribution is -2.05. The first-order chi connectivity index (χ1) is 6.31. The van der Waals surface area contributed by atoms with Crippen molar-refractivity contribution in [3.63, 3.8) is 0 Å². The molecule has 0 N–H and O–H groups in total. The van der Waals surface area contributed by atoms with E-state index in [-0.39, 0.29) is 6.10 Å². The minimum Gasteiger partial charge on any atom is -0.375 e. The summed E-state index contributed by atoms with van der Waals surface area (Å²) in [6.07, 6.45) is 2.73. The SMILES string of the molecule is COC(c1cccc(Br)n1)C1CC1. The number of rotatable bonds is 3. The van der Waals surface area contributed by atoms with Gasteiger partial charge in [0.25, 0.3) is 0 Å². The van der Waals surface area contributed by atoms with Crippen LogP contribution in [0.4, 0.5) is 0 Å². The average molecular weight is 242 g/mol. The first-order valence-corrected chi connectivity index (χ1v) is 5.26. The molecule has 0 aromatic carbocycles. The molecule has 1 aliphatic carbocycles. The molecular formula is C10H12BrNO. The van der Waals surface area contributed by atoms with Crippen LogP contribution >= 0.6 is 15.9 Å². The fourth-order valence-electron chi connectivity index (χ4n) is 1.54. The van der Waals surface area contributed by atoms with E-state index in [1.165, 1.54) is 12.8 Å². The van der Waals surface area contributed by atoms with Crippen molar-refractivity contribution in [2.24, 2.45) is 5.92 Å². The predicted octanol–water partition coefficient (Wildman–Crippen LogP) is 2.94. The Bertz CT molecular complexity index is 299. The number of hydrogen-bond donors (Lipinski definition) is 0. The Morgan fingerprint density at radius 1 is 1.54 bits per heavy atom. The minimum atomic E-state index is 0.192. The molecular weight excluding hydrogens is 230 g/mol. The third kappa shape index (κ3) is 2.09. The van der Waals surface area contributed by atoms with E-state index in [2.05, 4.69) is 20.9 Å². The van der Waals surface area contributed by atoms with Crippen molar-refractivity contribution in [2.75, 3.05) is 7.11 Å². The Hall–Kier alpha value is -0.410. The van der Waals surface area contributed by atoms with Gasteiger partial charge >= 0.3 is 0 Å². The second-order valence-electron chi connectivity index (χ2n) is 3.38. The molecule has 2 rings (SSSR count). The van der Waals surface area contributed by atoms with Crippen LogP contribution in [0.2, 0.25) is 0 Å². The van der Waals surface area contributed by atoms with Gasteiger partial charge in [0.1, 0.15) is 10.7 Å². The van der Waals surface area contributed by atoms with E-state index >= 15 is 0 Å². The van der Waals surface area contributed by atoms with Crippen molar-refractivity contribution in [1.29, 1.82) is 0 Å². The fraction of sp³-hybridized carbons (Fsp3) is 0.500. The summed E-state index contributed by atoms with van der Waals surface area (Å²) < 4.78 is 6.31. The molecule has 0 saturated heterocycles. The predicted molar refractivity (Wildman–Crippen MR) is 54.4 cm³/mol. The highest BCUT2D eigenvalue weighted by atomic mass is 79.9. The Labute approximate surface area is 86.5 Å². The van der Waals surface area contributed by atoms with Crippen LogP contribution in [-0.4, -0.2) is 12.1 Å². The normalized spacial score (nSPS) is 18.6. The molecule has 0 bridgehead atoms. The van der Waals surface area contributed by atoms with Gasteiger partial charge in [0.2, 0.25) is 0 Å². The van der Waals surface area contributed by atoms with Crippen LogP contribution in [0.25, 0.3) is 0 Å². The van der Waals surface area contributed by atoms with E-state index in [9.17, 15) is 0 Å². The van der Waals surface area contributed by atoms with Crippen LogP contribution < -0.4 is 0 Å². The number of nitrogens with zero attached hydrogens (tertiary/aromatic N) is 1. The van der Waals surface area contributed by atoms with Crippen LogP contribution in [-0.2, 0) is 4.74 Å². The van der Waals surface area contributed by atoms with Crippen molar-refractivity contribution < 1.29 is 4.74 Å². The van der Waals surface area contributed by atoms with E-state index in [0.717, 1.165) is 10.3 Å². The highest BCUT2D eigenvalue weighted by Gasteiger charge is 2.33. The smallest absolute Gasteiger partial charge is 0.106 e. The second-order valence-corrected chi connectivity index (χ2v) is 4.19. The van der Waals surface area contributed by atoms with E-state index in [4.69, 9.17) is 4.74 Å². The fourth-order valence-corrected chi connectivity index (χ4v) is 1.89. The highest BCUT2D eigenvalue weighted by molar-refractivity contribution is 9.10. The van der Waals surface area contributed by atoms with Gasteiger partial charge in [-0.2, -0.15) is 0 Å². The van der Waals surface area contributed by atoms with Crippen LogP contribution in [0.3, 0.4) is 0 Å². The Morgan fingerprint density at radius 3 is 2.85 bits per heavy atom. The molecule has 1 heterocycles. The van der Waals surface area contributed by atoms with Gasteiger partial charge in [-0.1, -0.05) is 6.07 Å². The third-order valence-corrected chi connectivity index (χ3v) is 2.77. The summed E-state index contributed by atoms with van der Waals surface area (Å²) in [5, 5.41) is 0. The van der Waals surface area contributed by atoms with Gasteiger partial charge in [0, 0.05) is 7.11 Å². The topological polar surface area (TPSA) is 22.1 Å². The number of methoxy groups -OCH3 is 1. The quantitative estimate of drug-likeness (QED) is 0.760. The van der Waals surface area contributed by atoms with Gasteiger partial charge in [-0.3, -0.25) is 0 Å². The molecule has 3 heteroatoms. The molecule has 0 aliphatic heterocycles. The lowest BCUT2D eigenvalue weighted by atomic mass is 10.1. The van der Waals surface area contributed by atoms with E-state index in [0.29, 0.717) is 5.92 Å². The first-order valence-electron chi connectivity index (χ1n) is 4.46. The van der Waals surface area contributed by atoms with Gasteiger partial charge in [-0.15, -0.1) is 0 Å². The van der Waals surface area contributed by atoms with Gasteiger partial charge in [-0.25, -0.2) is 4.98 Å². The molecule has 1 unspecified atom stereocenters. The summed E-state index contributed by atoms with van der Waals surface area (Å²) in [6.45, 7) is 0. The molecule has 1 atom stereocenters. The standard InChI is InChI=1S/C10H12BrNO/c1-13-10(7-5-6-7)8-3-2-4-9(11)12-8/h2-4,7,10H,5-6H2,1H3. The van der Waals surface area contributed by atoms with E-state index in [1.807, 2.05) is 18.2 Å². The summed E-state index contributed by atoms with van der Waals surface area (Å²) in [5.74, 6) is 0.687. The molecule has 1 fully saturated rings. The number of hydrogen-bond acceptors (Lipinski definition) is 2. The zero-order valence-electron chi connectivity index (χ0n) is 7.53. The summed E-state index contributed by atoms with van der Waals surface area (Å²) >= 11 is 3.36. The molecule has 1 aromatic heterocycles. The Morgan fingerprint density at radius 2 is 2.31 bits per heavy atom.